The first-order valence-corrected chi connectivity index (χ1v) is 16.8. The molecular weight excluding hydrogens is 570 g/mol. The standard InChI is InChI=1S/C36H51N3O6/c1-8-27-29-21-39(30(27)22(2)40)33(41)31(35(3,4)5)38-34(42)45-36(6)18-12-15-25(36)14-11-9-10-13-24-19-23-16-17-26(43-7)20-28(23)37-32(24)44-29/h16-17,19-20,25,27,29-31H,8-15,18,21H2,1-7H3,(H,38,42)/t25-,27-,29+,30-,31-,36-/m1/s1. The van der Waals surface area contributed by atoms with E-state index < -0.39 is 35.3 Å². The number of fused-ring (bicyclic) bond motifs is 5. The van der Waals surface area contributed by atoms with Crippen molar-refractivity contribution in [3.8, 4) is 11.6 Å². The maximum absolute atomic E-state index is 14.4. The van der Waals surface area contributed by atoms with Crippen LogP contribution >= 0.6 is 0 Å². The summed E-state index contributed by atoms with van der Waals surface area (Å²) in [7, 11) is 1.64. The van der Waals surface area contributed by atoms with Gasteiger partial charge in [0.2, 0.25) is 11.8 Å². The summed E-state index contributed by atoms with van der Waals surface area (Å²) in [5.74, 6) is 0.919. The molecule has 2 bridgehead atoms. The van der Waals surface area contributed by atoms with Crippen LogP contribution in [0, 0.1) is 17.3 Å². The molecule has 0 spiro atoms. The third-order valence-electron chi connectivity index (χ3n) is 10.4. The molecule has 1 saturated carbocycles. The number of Topliss-reactive ketones (excluding diaryl/α,β-unsaturated/α-hetero) is 1. The van der Waals surface area contributed by atoms with Gasteiger partial charge in [-0.3, -0.25) is 9.59 Å². The van der Waals surface area contributed by atoms with Crippen LogP contribution in [-0.2, 0) is 20.7 Å². The molecule has 5 rings (SSSR count). The monoisotopic (exact) mass is 621 g/mol. The van der Waals surface area contributed by atoms with Gasteiger partial charge in [0.05, 0.1) is 25.2 Å². The van der Waals surface area contributed by atoms with E-state index >= 15 is 0 Å². The maximum atomic E-state index is 14.4. The van der Waals surface area contributed by atoms with Gasteiger partial charge in [-0.15, -0.1) is 0 Å². The number of ether oxygens (including phenoxy) is 3. The van der Waals surface area contributed by atoms with Crippen LogP contribution < -0.4 is 14.8 Å². The normalized spacial score (nSPS) is 29.9. The van der Waals surface area contributed by atoms with Crippen molar-refractivity contribution < 1.29 is 28.6 Å². The summed E-state index contributed by atoms with van der Waals surface area (Å²) >= 11 is 0. The molecule has 0 unspecified atom stereocenters. The molecule has 1 aromatic heterocycles. The smallest absolute Gasteiger partial charge is 0.408 e. The van der Waals surface area contributed by atoms with Crippen LogP contribution in [0.15, 0.2) is 24.3 Å². The number of pyridine rings is 1. The number of benzene rings is 1. The summed E-state index contributed by atoms with van der Waals surface area (Å²) in [4.78, 5) is 47.6. The Bertz CT molecular complexity index is 1420. The topological polar surface area (TPSA) is 107 Å². The van der Waals surface area contributed by atoms with Gasteiger partial charge in [0, 0.05) is 22.9 Å². The summed E-state index contributed by atoms with van der Waals surface area (Å²) in [5, 5.41) is 3.96. The number of methoxy groups -OCH3 is 1. The number of carbonyl (C=O) groups is 3. The third-order valence-corrected chi connectivity index (χ3v) is 10.4. The minimum Gasteiger partial charge on any atom is -0.497 e. The predicted octanol–water partition coefficient (Wildman–Crippen LogP) is 6.63. The molecule has 6 atom stereocenters. The van der Waals surface area contributed by atoms with E-state index in [1.165, 1.54) is 6.92 Å². The fourth-order valence-corrected chi connectivity index (χ4v) is 7.81. The number of hydrogen-bond acceptors (Lipinski definition) is 7. The zero-order chi connectivity index (χ0) is 32.5. The molecule has 2 amide bonds. The highest BCUT2D eigenvalue weighted by atomic mass is 16.6. The molecule has 1 N–H and O–H groups in total. The minimum absolute atomic E-state index is 0.0971. The lowest BCUT2D eigenvalue weighted by Crippen LogP contribution is -2.58. The van der Waals surface area contributed by atoms with Crippen molar-refractivity contribution in [2.45, 2.75) is 123 Å². The molecule has 1 aliphatic carbocycles. The van der Waals surface area contributed by atoms with Crippen molar-refractivity contribution in [3.05, 3.63) is 29.8 Å². The molecule has 45 heavy (non-hydrogen) atoms. The van der Waals surface area contributed by atoms with Crippen LogP contribution in [0.5, 0.6) is 11.6 Å². The molecule has 3 aliphatic rings. The maximum Gasteiger partial charge on any atom is 0.408 e. The number of carbonyl (C=O) groups excluding carboxylic acids is 3. The second kappa shape index (κ2) is 13.2. The average molecular weight is 622 g/mol. The Morgan fingerprint density at radius 3 is 2.58 bits per heavy atom. The Balaban J connectivity index is 1.56. The van der Waals surface area contributed by atoms with Gasteiger partial charge >= 0.3 is 6.09 Å². The van der Waals surface area contributed by atoms with E-state index in [4.69, 9.17) is 19.2 Å². The van der Waals surface area contributed by atoms with Crippen LogP contribution in [-0.4, -0.2) is 65.1 Å². The number of nitrogens with one attached hydrogen (secondary N) is 1. The van der Waals surface area contributed by atoms with Gasteiger partial charge in [0.15, 0.2) is 5.78 Å². The zero-order valence-electron chi connectivity index (χ0n) is 28.1. The van der Waals surface area contributed by atoms with Crippen LogP contribution in [0.25, 0.3) is 10.9 Å². The van der Waals surface area contributed by atoms with Gasteiger partial charge in [0.1, 0.15) is 23.5 Å². The van der Waals surface area contributed by atoms with Crippen molar-refractivity contribution in [1.82, 2.24) is 15.2 Å². The van der Waals surface area contributed by atoms with Gasteiger partial charge in [-0.05, 0) is 88.3 Å². The summed E-state index contributed by atoms with van der Waals surface area (Å²) in [6.45, 7) is 11.6. The van der Waals surface area contributed by atoms with E-state index in [0.29, 0.717) is 18.1 Å². The number of hydrogen-bond donors (Lipinski definition) is 1. The second-order valence-electron chi connectivity index (χ2n) is 14.6. The zero-order valence-corrected chi connectivity index (χ0v) is 28.1. The SMILES string of the molecule is CC[C@@H]1[C@@H]2CN(C(=O)[C@H](C(C)(C)C)NC(=O)O[C@]3(C)CCC[C@H]3CCCCCc3cc4ccc(OC)cc4nc3O2)[C@@H]1C(C)=O. The fraction of sp³-hybridized carbons (Fsp3) is 0.667. The Morgan fingerprint density at radius 1 is 1.13 bits per heavy atom. The molecule has 0 radical (unpaired) electrons. The first-order valence-electron chi connectivity index (χ1n) is 16.8. The number of amides is 2. The minimum atomic E-state index is -0.882. The largest absolute Gasteiger partial charge is 0.497 e. The number of ketones is 1. The summed E-state index contributed by atoms with van der Waals surface area (Å²) in [6, 6.07) is 6.47. The van der Waals surface area contributed by atoms with E-state index in [-0.39, 0.29) is 30.1 Å². The van der Waals surface area contributed by atoms with E-state index in [1.807, 2.05) is 52.8 Å². The average Bonchev–Trinajstić information content (AvgIpc) is 3.53. The lowest BCUT2D eigenvalue weighted by atomic mass is 9.85. The molecule has 9 nitrogen and oxygen atoms in total. The number of rotatable bonds is 3. The van der Waals surface area contributed by atoms with Gasteiger partial charge in [-0.25, -0.2) is 9.78 Å². The molecule has 2 aromatic rings. The van der Waals surface area contributed by atoms with E-state index in [2.05, 4.69) is 11.4 Å². The molecule has 1 aromatic carbocycles. The van der Waals surface area contributed by atoms with Crippen LogP contribution in [0.3, 0.4) is 0 Å². The van der Waals surface area contributed by atoms with E-state index in [9.17, 15) is 14.4 Å². The van der Waals surface area contributed by atoms with E-state index in [1.54, 1.807) is 12.0 Å². The number of alkyl carbamates (subject to hydrolysis) is 1. The Morgan fingerprint density at radius 2 is 1.89 bits per heavy atom. The Kier molecular flexibility index (Phi) is 9.66. The van der Waals surface area contributed by atoms with E-state index in [0.717, 1.165) is 67.8 Å². The van der Waals surface area contributed by atoms with Crippen molar-refractivity contribution >= 4 is 28.7 Å². The van der Waals surface area contributed by atoms with Crippen LogP contribution in [0.1, 0.15) is 98.5 Å². The summed E-state index contributed by atoms with van der Waals surface area (Å²) < 4.78 is 18.4. The quantitative estimate of drug-likeness (QED) is 0.410. The molecule has 1 saturated heterocycles. The molecule has 246 valence electrons. The van der Waals surface area contributed by atoms with Crippen molar-refractivity contribution in [2.24, 2.45) is 17.3 Å². The number of aryl methyl sites for hydroxylation is 1. The highest BCUT2D eigenvalue weighted by Gasteiger charge is 2.50. The third kappa shape index (κ3) is 6.92. The van der Waals surface area contributed by atoms with Crippen molar-refractivity contribution in [2.75, 3.05) is 13.7 Å². The van der Waals surface area contributed by atoms with Crippen LogP contribution in [0.4, 0.5) is 4.79 Å². The number of nitrogens with zero attached hydrogens (tertiary/aromatic N) is 2. The van der Waals surface area contributed by atoms with Crippen molar-refractivity contribution in [3.63, 3.8) is 0 Å². The highest BCUT2D eigenvalue weighted by Crippen LogP contribution is 2.42. The van der Waals surface area contributed by atoms with Gasteiger partial charge in [-0.2, -0.15) is 0 Å². The highest BCUT2D eigenvalue weighted by molar-refractivity contribution is 5.92. The first-order chi connectivity index (χ1) is 21.3. The summed E-state index contributed by atoms with van der Waals surface area (Å²) in [5.41, 5.74) is 0.607. The number of aromatic nitrogens is 1. The predicted molar refractivity (Wildman–Crippen MR) is 173 cm³/mol. The molecule has 2 fully saturated rings. The molecular formula is C36H51N3O6. The molecule has 2 aliphatic heterocycles. The first kappa shape index (κ1) is 33.0. The Hall–Kier alpha value is -3.36. The van der Waals surface area contributed by atoms with Gasteiger partial charge in [-0.1, -0.05) is 40.5 Å². The van der Waals surface area contributed by atoms with Gasteiger partial charge in [0.25, 0.3) is 0 Å². The fourth-order valence-electron chi connectivity index (χ4n) is 7.81. The van der Waals surface area contributed by atoms with Gasteiger partial charge < -0.3 is 24.4 Å². The van der Waals surface area contributed by atoms with Crippen LogP contribution in [0.2, 0.25) is 0 Å². The van der Waals surface area contributed by atoms with Crippen molar-refractivity contribution in [1.29, 1.82) is 0 Å². The summed E-state index contributed by atoms with van der Waals surface area (Å²) in [6.07, 6.45) is 7.33. The Labute approximate surface area is 267 Å². The molecule has 3 heterocycles. The lowest BCUT2D eigenvalue weighted by Gasteiger charge is -2.37. The second-order valence-corrected chi connectivity index (χ2v) is 14.6. The molecule has 9 heteroatoms. The lowest BCUT2D eigenvalue weighted by molar-refractivity contribution is -0.141.